The molecule has 2 aliphatic rings. The summed E-state index contributed by atoms with van der Waals surface area (Å²) in [5.74, 6) is -0.0166. The third kappa shape index (κ3) is 7.01. The lowest BCUT2D eigenvalue weighted by Gasteiger charge is -2.32. The van der Waals surface area contributed by atoms with Gasteiger partial charge >= 0.3 is 0 Å². The molecule has 0 spiro atoms. The quantitative estimate of drug-likeness (QED) is 0.424. The molecule has 7 heteroatoms. The second-order valence-corrected chi connectivity index (χ2v) is 7.31. The highest BCUT2D eigenvalue weighted by molar-refractivity contribution is 7.80. The zero-order valence-corrected chi connectivity index (χ0v) is 15.1. The molecule has 23 heavy (non-hydrogen) atoms. The van der Waals surface area contributed by atoms with Crippen molar-refractivity contribution in [3.8, 4) is 0 Å². The summed E-state index contributed by atoms with van der Waals surface area (Å²) in [6.07, 6.45) is 7.17. The average molecular weight is 344 g/mol. The fraction of sp³-hybridized carbons (Fsp3) is 0.875. The van der Waals surface area contributed by atoms with Crippen molar-refractivity contribution in [2.75, 3.05) is 19.6 Å². The standard InChI is InChI=1S/C16H30N4O2S/c1-12-10-20(11-13(2)22-12)9-8-15(21)18-19-16(23)17-14-6-4-3-5-7-14/h12-14H,3-11H2,1-2H3,(H,18,21)(H2,17,19,23)/p+1/t12-,13-/m0/s1. The molecule has 0 aromatic rings. The third-order valence-corrected chi connectivity index (χ3v) is 4.80. The molecule has 0 aromatic heterocycles. The van der Waals surface area contributed by atoms with Crippen LogP contribution >= 0.6 is 12.2 Å². The van der Waals surface area contributed by atoms with Crippen molar-refractivity contribution < 1.29 is 14.4 Å². The maximum absolute atomic E-state index is 11.9. The molecule has 1 saturated heterocycles. The Kier molecular flexibility index (Phi) is 7.52. The fourth-order valence-corrected chi connectivity index (χ4v) is 3.76. The summed E-state index contributed by atoms with van der Waals surface area (Å²) in [5, 5.41) is 3.79. The number of quaternary nitrogens is 1. The number of nitrogens with one attached hydrogen (secondary N) is 4. The van der Waals surface area contributed by atoms with Gasteiger partial charge in [-0.1, -0.05) is 19.3 Å². The highest BCUT2D eigenvalue weighted by Gasteiger charge is 2.25. The minimum atomic E-state index is -0.0166. The molecule has 1 amide bonds. The maximum Gasteiger partial charge on any atom is 0.244 e. The number of hydrogen-bond acceptors (Lipinski definition) is 3. The van der Waals surface area contributed by atoms with Gasteiger partial charge in [0, 0.05) is 6.04 Å². The van der Waals surface area contributed by atoms with Gasteiger partial charge in [0.25, 0.3) is 0 Å². The molecule has 1 aliphatic heterocycles. The van der Waals surface area contributed by atoms with Gasteiger partial charge in [-0.15, -0.1) is 0 Å². The molecule has 0 unspecified atom stereocenters. The predicted molar refractivity (Wildman–Crippen MR) is 94.1 cm³/mol. The number of hydrogen-bond donors (Lipinski definition) is 4. The van der Waals surface area contributed by atoms with E-state index >= 15 is 0 Å². The molecule has 4 N–H and O–H groups in total. The summed E-state index contributed by atoms with van der Waals surface area (Å²) in [7, 11) is 0. The summed E-state index contributed by atoms with van der Waals surface area (Å²) in [6, 6.07) is 0.446. The van der Waals surface area contributed by atoms with Crippen molar-refractivity contribution in [2.24, 2.45) is 0 Å². The van der Waals surface area contributed by atoms with Crippen LogP contribution in [0.1, 0.15) is 52.4 Å². The number of thiocarbonyl (C=S) groups is 1. The Labute approximate surface area is 144 Å². The second kappa shape index (κ2) is 9.39. The maximum atomic E-state index is 11.9. The van der Waals surface area contributed by atoms with E-state index in [1.54, 1.807) is 0 Å². The van der Waals surface area contributed by atoms with Crippen LogP contribution in [-0.4, -0.2) is 48.9 Å². The molecule has 0 radical (unpaired) electrons. The second-order valence-electron chi connectivity index (χ2n) is 6.90. The molecule has 6 nitrogen and oxygen atoms in total. The van der Waals surface area contributed by atoms with Crippen LogP contribution in [0.4, 0.5) is 0 Å². The van der Waals surface area contributed by atoms with Gasteiger partial charge in [0.15, 0.2) is 5.11 Å². The fourth-order valence-electron chi connectivity index (χ4n) is 3.54. The van der Waals surface area contributed by atoms with E-state index in [0.717, 1.165) is 32.5 Å². The van der Waals surface area contributed by atoms with Crippen molar-refractivity contribution in [3.63, 3.8) is 0 Å². The van der Waals surface area contributed by atoms with E-state index in [9.17, 15) is 4.79 Å². The van der Waals surface area contributed by atoms with Crippen molar-refractivity contribution in [2.45, 2.75) is 70.6 Å². The molecule has 1 saturated carbocycles. The largest absolute Gasteiger partial charge is 0.364 e. The summed E-state index contributed by atoms with van der Waals surface area (Å²) in [4.78, 5) is 13.4. The van der Waals surface area contributed by atoms with Gasteiger partial charge in [-0.3, -0.25) is 15.6 Å². The third-order valence-electron chi connectivity index (χ3n) is 4.58. The van der Waals surface area contributed by atoms with Gasteiger partial charge in [0.1, 0.15) is 25.3 Å². The molecule has 0 bridgehead atoms. The molecule has 1 aliphatic carbocycles. The Morgan fingerprint density at radius 2 is 1.78 bits per heavy atom. The SMILES string of the molecule is C[C@H]1C[NH+](CCC(=O)NNC(=S)NC2CCCCC2)C[C@H](C)O1. The first-order valence-corrected chi connectivity index (χ1v) is 9.28. The first-order valence-electron chi connectivity index (χ1n) is 8.87. The van der Waals surface area contributed by atoms with Crippen LogP contribution in [0.5, 0.6) is 0 Å². The van der Waals surface area contributed by atoms with E-state index in [1.807, 2.05) is 0 Å². The molecular weight excluding hydrogens is 312 g/mol. The number of hydrazine groups is 1. The van der Waals surface area contributed by atoms with Crippen LogP contribution in [0.25, 0.3) is 0 Å². The van der Waals surface area contributed by atoms with Crippen LogP contribution in [0.3, 0.4) is 0 Å². The highest BCUT2D eigenvalue weighted by Crippen LogP contribution is 2.17. The molecule has 132 valence electrons. The summed E-state index contributed by atoms with van der Waals surface area (Å²) in [6.45, 7) is 6.94. The van der Waals surface area contributed by atoms with Gasteiger partial charge in [0.05, 0.1) is 13.0 Å². The van der Waals surface area contributed by atoms with Crippen molar-refractivity contribution in [1.82, 2.24) is 16.2 Å². The lowest BCUT2D eigenvalue weighted by atomic mass is 9.96. The van der Waals surface area contributed by atoms with Crippen LogP contribution < -0.4 is 21.1 Å². The summed E-state index contributed by atoms with van der Waals surface area (Å²) in [5.41, 5.74) is 5.52. The van der Waals surface area contributed by atoms with E-state index in [-0.39, 0.29) is 18.1 Å². The Balaban J connectivity index is 1.58. The number of rotatable bonds is 4. The molecular formula is C16H31N4O2S+. The van der Waals surface area contributed by atoms with Crippen molar-refractivity contribution in [3.05, 3.63) is 0 Å². The molecule has 2 atom stereocenters. The first kappa shape index (κ1) is 18.4. The van der Waals surface area contributed by atoms with Crippen LogP contribution in [0.2, 0.25) is 0 Å². The molecule has 2 fully saturated rings. The number of amides is 1. The van der Waals surface area contributed by atoms with Crippen molar-refractivity contribution in [1.29, 1.82) is 0 Å². The lowest BCUT2D eigenvalue weighted by Crippen LogP contribution is -3.15. The van der Waals surface area contributed by atoms with E-state index < -0.39 is 0 Å². The van der Waals surface area contributed by atoms with Gasteiger partial charge < -0.3 is 15.0 Å². The topological polar surface area (TPSA) is 66.8 Å². The van der Waals surface area contributed by atoms with Crippen LogP contribution in [0, 0.1) is 0 Å². The zero-order chi connectivity index (χ0) is 16.7. The van der Waals surface area contributed by atoms with Crippen molar-refractivity contribution >= 4 is 23.2 Å². The Bertz CT molecular complexity index is 392. The minimum Gasteiger partial charge on any atom is -0.364 e. The Morgan fingerprint density at radius 3 is 2.43 bits per heavy atom. The molecule has 0 aromatic carbocycles. The van der Waals surface area contributed by atoms with Crippen LogP contribution in [-0.2, 0) is 9.53 Å². The van der Waals surface area contributed by atoms with E-state index in [1.165, 1.54) is 24.2 Å². The van der Waals surface area contributed by atoms with Gasteiger partial charge in [-0.25, -0.2) is 0 Å². The Hall–Kier alpha value is -0.920. The summed E-state index contributed by atoms with van der Waals surface area (Å²) < 4.78 is 5.72. The zero-order valence-electron chi connectivity index (χ0n) is 14.3. The Morgan fingerprint density at radius 1 is 1.13 bits per heavy atom. The van der Waals surface area contributed by atoms with E-state index in [4.69, 9.17) is 17.0 Å². The number of carbonyl (C=O) groups excluding carboxylic acids is 1. The predicted octanol–water partition coefficient (Wildman–Crippen LogP) is -0.103. The van der Waals surface area contributed by atoms with Gasteiger partial charge in [-0.2, -0.15) is 0 Å². The average Bonchev–Trinajstić information content (AvgIpc) is 2.51. The molecule has 1 heterocycles. The smallest absolute Gasteiger partial charge is 0.244 e. The highest BCUT2D eigenvalue weighted by atomic mass is 32.1. The number of morpholine rings is 1. The van der Waals surface area contributed by atoms with Crippen LogP contribution in [0.15, 0.2) is 0 Å². The minimum absolute atomic E-state index is 0.0166. The number of ether oxygens (including phenoxy) is 1. The monoisotopic (exact) mass is 343 g/mol. The van der Waals surface area contributed by atoms with E-state index in [2.05, 4.69) is 30.0 Å². The first-order chi connectivity index (χ1) is 11.0. The summed E-state index contributed by atoms with van der Waals surface area (Å²) >= 11 is 5.23. The molecule has 2 rings (SSSR count). The van der Waals surface area contributed by atoms with Gasteiger partial charge in [-0.05, 0) is 38.9 Å². The number of carbonyl (C=O) groups is 1. The van der Waals surface area contributed by atoms with Gasteiger partial charge in [0.2, 0.25) is 5.91 Å². The normalized spacial score (nSPS) is 28.9. The lowest BCUT2D eigenvalue weighted by molar-refractivity contribution is -0.914. The van der Waals surface area contributed by atoms with E-state index in [0.29, 0.717) is 17.6 Å².